The molecule has 0 bridgehead atoms. The van der Waals surface area contributed by atoms with Crippen LogP contribution < -0.4 is 10.6 Å². The van der Waals surface area contributed by atoms with E-state index in [1.807, 2.05) is 30.3 Å². The first kappa shape index (κ1) is 17.3. The number of carbonyl (C=O) groups is 2. The highest BCUT2D eigenvalue weighted by atomic mass is 16.2. The van der Waals surface area contributed by atoms with Crippen LogP contribution in [0.25, 0.3) is 0 Å². The summed E-state index contributed by atoms with van der Waals surface area (Å²) in [6, 6.07) is 18.1. The van der Waals surface area contributed by atoms with E-state index in [9.17, 15) is 9.59 Å². The average Bonchev–Trinajstić information content (AvgIpc) is 2.68. The highest BCUT2D eigenvalue weighted by molar-refractivity contribution is 6.03. The maximum atomic E-state index is 12.4. The van der Waals surface area contributed by atoms with E-state index in [2.05, 4.69) is 20.6 Å². The number of nitrogens with zero attached hydrogens (tertiary/aromatic N) is 2. The minimum atomic E-state index is -0.342. The molecule has 26 heavy (non-hydrogen) atoms. The summed E-state index contributed by atoms with van der Waals surface area (Å²) >= 11 is 0. The Balaban J connectivity index is 1.65. The Morgan fingerprint density at radius 1 is 0.962 bits per heavy atom. The van der Waals surface area contributed by atoms with Gasteiger partial charge in [0, 0.05) is 24.0 Å². The quantitative estimate of drug-likeness (QED) is 0.667. The number of amides is 1. The van der Waals surface area contributed by atoms with Gasteiger partial charge < -0.3 is 10.6 Å². The van der Waals surface area contributed by atoms with Crippen LogP contribution in [0.15, 0.2) is 66.9 Å². The summed E-state index contributed by atoms with van der Waals surface area (Å²) in [5.41, 5.74) is 2.54. The zero-order chi connectivity index (χ0) is 18.4. The molecule has 3 aromatic rings. The maximum Gasteiger partial charge on any atom is 0.274 e. The predicted octanol–water partition coefficient (Wildman–Crippen LogP) is 3.54. The number of rotatable bonds is 6. The van der Waals surface area contributed by atoms with Crippen LogP contribution in [0.2, 0.25) is 0 Å². The van der Waals surface area contributed by atoms with E-state index in [0.29, 0.717) is 23.7 Å². The molecule has 0 radical (unpaired) electrons. The van der Waals surface area contributed by atoms with Crippen molar-refractivity contribution < 1.29 is 9.59 Å². The van der Waals surface area contributed by atoms with Crippen LogP contribution in [0.1, 0.15) is 33.3 Å². The van der Waals surface area contributed by atoms with Crippen LogP contribution in [-0.4, -0.2) is 21.7 Å². The van der Waals surface area contributed by atoms with E-state index in [-0.39, 0.29) is 17.4 Å². The highest BCUT2D eigenvalue weighted by Crippen LogP contribution is 2.12. The van der Waals surface area contributed by atoms with Crippen molar-refractivity contribution in [2.24, 2.45) is 0 Å². The molecule has 2 N–H and O–H groups in total. The summed E-state index contributed by atoms with van der Waals surface area (Å²) in [6.07, 6.45) is 1.54. The van der Waals surface area contributed by atoms with Crippen LogP contribution in [0.5, 0.6) is 0 Å². The van der Waals surface area contributed by atoms with Gasteiger partial charge in [0.15, 0.2) is 5.78 Å². The van der Waals surface area contributed by atoms with Crippen LogP contribution in [-0.2, 0) is 6.54 Å². The largest absolute Gasteiger partial charge is 0.350 e. The topological polar surface area (TPSA) is 84.0 Å². The first-order chi connectivity index (χ1) is 12.6. The van der Waals surface area contributed by atoms with Crippen molar-refractivity contribution in [2.45, 2.75) is 13.5 Å². The van der Waals surface area contributed by atoms with Crippen molar-refractivity contribution >= 4 is 23.3 Å². The van der Waals surface area contributed by atoms with Crippen LogP contribution in [0, 0.1) is 0 Å². The van der Waals surface area contributed by atoms with E-state index in [0.717, 1.165) is 5.56 Å². The minimum Gasteiger partial charge on any atom is -0.350 e. The summed E-state index contributed by atoms with van der Waals surface area (Å²) in [7, 11) is 0. The van der Waals surface area contributed by atoms with Gasteiger partial charge in [0.2, 0.25) is 5.95 Å². The molecule has 1 amide bonds. The van der Waals surface area contributed by atoms with E-state index >= 15 is 0 Å². The summed E-state index contributed by atoms with van der Waals surface area (Å²) < 4.78 is 0. The Labute approximate surface area is 151 Å². The molecule has 2 aromatic carbocycles. The number of Topliss-reactive ketones (excluding diaryl/α,β-unsaturated/α-hetero) is 1. The molecule has 0 aliphatic heterocycles. The Bertz CT molecular complexity index is 909. The van der Waals surface area contributed by atoms with Crippen molar-refractivity contribution in [1.29, 1.82) is 0 Å². The molecule has 0 saturated heterocycles. The Morgan fingerprint density at radius 3 is 2.38 bits per heavy atom. The molecule has 0 aliphatic carbocycles. The van der Waals surface area contributed by atoms with Crippen molar-refractivity contribution in [1.82, 2.24) is 9.97 Å². The number of nitrogens with one attached hydrogen (secondary N) is 2. The van der Waals surface area contributed by atoms with Gasteiger partial charge in [-0.05, 0) is 42.8 Å². The second kappa shape index (κ2) is 8.02. The molecule has 130 valence electrons. The standard InChI is InChI=1S/C20H18N4O2/c1-14(25)16-7-9-17(10-8-16)23-19(26)18-11-12-21-20(24-18)22-13-15-5-3-2-4-6-15/h2-12H,13H2,1H3,(H,23,26)(H,21,22,24). The molecule has 0 unspecified atom stereocenters. The lowest BCUT2D eigenvalue weighted by atomic mass is 10.1. The molecule has 0 fully saturated rings. The van der Waals surface area contributed by atoms with Crippen molar-refractivity contribution in [3.8, 4) is 0 Å². The van der Waals surface area contributed by atoms with Gasteiger partial charge in [-0.2, -0.15) is 0 Å². The van der Waals surface area contributed by atoms with Crippen molar-refractivity contribution in [3.05, 3.63) is 83.7 Å². The fourth-order valence-electron chi connectivity index (χ4n) is 2.33. The average molecular weight is 346 g/mol. The zero-order valence-corrected chi connectivity index (χ0v) is 14.3. The highest BCUT2D eigenvalue weighted by Gasteiger charge is 2.10. The zero-order valence-electron chi connectivity index (χ0n) is 14.3. The number of aromatic nitrogens is 2. The molecule has 6 nitrogen and oxygen atoms in total. The van der Waals surface area contributed by atoms with Gasteiger partial charge in [-0.25, -0.2) is 9.97 Å². The third-order valence-electron chi connectivity index (χ3n) is 3.73. The molecule has 0 saturated carbocycles. The summed E-state index contributed by atoms with van der Waals surface area (Å²) in [5, 5.41) is 5.86. The lowest BCUT2D eigenvalue weighted by Crippen LogP contribution is -2.15. The Morgan fingerprint density at radius 2 is 1.69 bits per heavy atom. The monoisotopic (exact) mass is 346 g/mol. The number of hydrogen-bond acceptors (Lipinski definition) is 5. The summed E-state index contributed by atoms with van der Waals surface area (Å²) in [4.78, 5) is 32.0. The molecule has 3 rings (SSSR count). The Kier molecular flexibility index (Phi) is 5.34. The predicted molar refractivity (Wildman–Crippen MR) is 100 cm³/mol. The third kappa shape index (κ3) is 4.51. The number of ketones is 1. The molecule has 0 aliphatic rings. The molecular weight excluding hydrogens is 328 g/mol. The van der Waals surface area contributed by atoms with Gasteiger partial charge in [0.05, 0.1) is 0 Å². The lowest BCUT2D eigenvalue weighted by molar-refractivity contribution is 0.101. The van der Waals surface area contributed by atoms with E-state index in [1.165, 1.54) is 13.1 Å². The molecule has 1 aromatic heterocycles. The number of hydrogen-bond donors (Lipinski definition) is 2. The molecule has 6 heteroatoms. The number of anilines is 2. The third-order valence-corrected chi connectivity index (χ3v) is 3.73. The first-order valence-electron chi connectivity index (χ1n) is 8.15. The number of benzene rings is 2. The second-order valence-corrected chi connectivity index (χ2v) is 5.69. The van der Waals surface area contributed by atoms with Gasteiger partial charge in [0.1, 0.15) is 5.69 Å². The SMILES string of the molecule is CC(=O)c1ccc(NC(=O)c2ccnc(NCc3ccccc3)n2)cc1. The van der Waals surface area contributed by atoms with Gasteiger partial charge in [-0.3, -0.25) is 9.59 Å². The van der Waals surface area contributed by atoms with Crippen molar-refractivity contribution in [3.63, 3.8) is 0 Å². The summed E-state index contributed by atoms with van der Waals surface area (Å²) in [6.45, 7) is 2.07. The van der Waals surface area contributed by atoms with Crippen LogP contribution in [0.3, 0.4) is 0 Å². The summed E-state index contributed by atoms with van der Waals surface area (Å²) in [5.74, 6) is 0.0203. The molecular formula is C20H18N4O2. The normalized spacial score (nSPS) is 10.2. The van der Waals surface area contributed by atoms with Gasteiger partial charge in [-0.15, -0.1) is 0 Å². The maximum absolute atomic E-state index is 12.4. The second-order valence-electron chi connectivity index (χ2n) is 5.69. The van der Waals surface area contributed by atoms with E-state index in [1.54, 1.807) is 30.3 Å². The minimum absolute atomic E-state index is 0.0205. The molecule has 0 atom stereocenters. The number of carbonyl (C=O) groups excluding carboxylic acids is 2. The smallest absolute Gasteiger partial charge is 0.274 e. The fourth-order valence-corrected chi connectivity index (χ4v) is 2.33. The fraction of sp³-hybridized carbons (Fsp3) is 0.100. The van der Waals surface area contributed by atoms with Gasteiger partial charge in [-0.1, -0.05) is 30.3 Å². The van der Waals surface area contributed by atoms with Crippen molar-refractivity contribution in [2.75, 3.05) is 10.6 Å². The van der Waals surface area contributed by atoms with Crippen LogP contribution >= 0.6 is 0 Å². The molecule has 1 heterocycles. The van der Waals surface area contributed by atoms with E-state index in [4.69, 9.17) is 0 Å². The van der Waals surface area contributed by atoms with E-state index < -0.39 is 0 Å². The first-order valence-corrected chi connectivity index (χ1v) is 8.15. The lowest BCUT2D eigenvalue weighted by Gasteiger charge is -2.08. The van der Waals surface area contributed by atoms with Gasteiger partial charge in [0.25, 0.3) is 5.91 Å². The molecule has 0 spiro atoms. The van der Waals surface area contributed by atoms with Gasteiger partial charge >= 0.3 is 0 Å². The Hall–Kier alpha value is -3.54. The van der Waals surface area contributed by atoms with Crippen LogP contribution in [0.4, 0.5) is 11.6 Å².